The summed E-state index contributed by atoms with van der Waals surface area (Å²) in [7, 11) is 1.56. The predicted octanol–water partition coefficient (Wildman–Crippen LogP) is 4.32. The molecule has 0 atom stereocenters. The van der Waals surface area contributed by atoms with Crippen LogP contribution in [0.5, 0.6) is 5.75 Å². The first kappa shape index (κ1) is 18.7. The lowest BCUT2D eigenvalue weighted by Crippen LogP contribution is -2.31. The van der Waals surface area contributed by atoms with Gasteiger partial charge in [-0.3, -0.25) is 9.69 Å². The van der Waals surface area contributed by atoms with E-state index in [1.165, 1.54) is 0 Å². The molecule has 3 aromatic carbocycles. The molecule has 0 bridgehead atoms. The van der Waals surface area contributed by atoms with Gasteiger partial charge in [-0.15, -0.1) is 0 Å². The fourth-order valence-electron chi connectivity index (χ4n) is 3.55. The number of rotatable bonds is 4. The molecule has 0 aromatic heterocycles. The molecule has 0 N–H and O–H groups in total. The topological polar surface area (TPSA) is 55.8 Å². The van der Waals surface area contributed by atoms with E-state index in [1.807, 2.05) is 48.5 Å². The third-order valence-corrected chi connectivity index (χ3v) is 5.03. The number of amides is 1. The molecule has 0 spiro atoms. The van der Waals surface area contributed by atoms with Crippen molar-refractivity contribution < 1.29 is 19.1 Å². The van der Waals surface area contributed by atoms with Crippen LogP contribution in [0.25, 0.3) is 0 Å². The average Bonchev–Trinajstić information content (AvgIpc) is 2.94. The van der Waals surface area contributed by atoms with Gasteiger partial charge in [0, 0.05) is 0 Å². The second-order valence-electron chi connectivity index (χ2n) is 6.79. The SMILES string of the molecule is COc1ccc(C(=O)OCC(=O)N2c3ccccc3CCc3ccccc32)cc1. The largest absolute Gasteiger partial charge is 0.497 e. The molecule has 0 unspecified atom stereocenters. The molecule has 1 aliphatic heterocycles. The van der Waals surface area contributed by atoms with Gasteiger partial charge < -0.3 is 9.47 Å². The Hall–Kier alpha value is -3.60. The van der Waals surface area contributed by atoms with Gasteiger partial charge in [0.25, 0.3) is 5.91 Å². The molecule has 0 fully saturated rings. The highest BCUT2D eigenvalue weighted by Crippen LogP contribution is 2.36. The summed E-state index contributed by atoms with van der Waals surface area (Å²) >= 11 is 0. The van der Waals surface area contributed by atoms with Gasteiger partial charge >= 0.3 is 5.97 Å². The number of methoxy groups -OCH3 is 1. The van der Waals surface area contributed by atoms with Crippen LogP contribution in [0.4, 0.5) is 11.4 Å². The first-order valence-electron chi connectivity index (χ1n) is 9.47. The van der Waals surface area contributed by atoms with E-state index in [9.17, 15) is 9.59 Å². The number of hydrogen-bond donors (Lipinski definition) is 0. The number of carbonyl (C=O) groups is 2. The Labute approximate surface area is 169 Å². The summed E-state index contributed by atoms with van der Waals surface area (Å²) in [5.74, 6) is -0.179. The normalized spacial score (nSPS) is 12.4. The Balaban J connectivity index is 1.57. The van der Waals surface area contributed by atoms with Crippen LogP contribution >= 0.6 is 0 Å². The van der Waals surface area contributed by atoms with Crippen LogP contribution < -0.4 is 9.64 Å². The molecule has 0 radical (unpaired) electrons. The second kappa shape index (κ2) is 8.19. The lowest BCUT2D eigenvalue weighted by Gasteiger charge is -2.24. The minimum atomic E-state index is -0.544. The summed E-state index contributed by atoms with van der Waals surface area (Å²) in [6.45, 7) is -0.340. The number of hydrogen-bond acceptors (Lipinski definition) is 4. The van der Waals surface area contributed by atoms with Gasteiger partial charge in [0.05, 0.1) is 24.0 Å². The summed E-state index contributed by atoms with van der Waals surface area (Å²) in [4.78, 5) is 27.2. The molecule has 3 aromatic rings. The Morgan fingerprint density at radius 2 is 1.38 bits per heavy atom. The zero-order chi connectivity index (χ0) is 20.2. The van der Waals surface area contributed by atoms with Crippen molar-refractivity contribution in [1.82, 2.24) is 0 Å². The van der Waals surface area contributed by atoms with Gasteiger partial charge in [0.2, 0.25) is 0 Å². The van der Waals surface area contributed by atoms with E-state index >= 15 is 0 Å². The van der Waals surface area contributed by atoms with Gasteiger partial charge in [-0.05, 0) is 60.4 Å². The van der Waals surface area contributed by atoms with Crippen LogP contribution in [0.3, 0.4) is 0 Å². The second-order valence-corrected chi connectivity index (χ2v) is 6.79. The van der Waals surface area contributed by atoms with Crippen LogP contribution in [0.2, 0.25) is 0 Å². The fourth-order valence-corrected chi connectivity index (χ4v) is 3.55. The zero-order valence-electron chi connectivity index (χ0n) is 16.1. The molecule has 1 heterocycles. The number of fused-ring (bicyclic) bond motifs is 2. The van der Waals surface area contributed by atoms with Crippen LogP contribution in [-0.4, -0.2) is 25.6 Å². The highest BCUT2D eigenvalue weighted by Gasteiger charge is 2.26. The number of esters is 1. The third kappa shape index (κ3) is 3.85. The predicted molar refractivity (Wildman–Crippen MR) is 111 cm³/mol. The van der Waals surface area contributed by atoms with E-state index in [0.29, 0.717) is 11.3 Å². The minimum absolute atomic E-state index is 0.284. The molecule has 1 amide bonds. The zero-order valence-corrected chi connectivity index (χ0v) is 16.1. The summed E-state index contributed by atoms with van der Waals surface area (Å²) in [6.07, 6.45) is 1.70. The molecule has 1 aliphatic rings. The van der Waals surface area contributed by atoms with E-state index in [1.54, 1.807) is 36.3 Å². The molecule has 146 valence electrons. The van der Waals surface area contributed by atoms with Crippen LogP contribution in [0.1, 0.15) is 21.5 Å². The number of anilines is 2. The molecular weight excluding hydrogens is 366 g/mol. The average molecular weight is 387 g/mol. The van der Waals surface area contributed by atoms with Crippen molar-refractivity contribution in [2.45, 2.75) is 12.8 Å². The molecule has 0 aliphatic carbocycles. The molecular formula is C24H21NO4. The lowest BCUT2D eigenvalue weighted by atomic mass is 10.0. The quantitative estimate of drug-likeness (QED) is 0.626. The Morgan fingerprint density at radius 3 is 1.93 bits per heavy atom. The van der Waals surface area contributed by atoms with Crippen molar-refractivity contribution in [2.75, 3.05) is 18.6 Å². The smallest absolute Gasteiger partial charge is 0.338 e. The van der Waals surface area contributed by atoms with Crippen molar-refractivity contribution in [2.24, 2.45) is 0 Å². The number of benzene rings is 3. The first-order chi connectivity index (χ1) is 14.2. The summed E-state index contributed by atoms with van der Waals surface area (Å²) < 4.78 is 10.4. The fraction of sp³-hybridized carbons (Fsp3) is 0.167. The maximum Gasteiger partial charge on any atom is 0.338 e. The first-order valence-corrected chi connectivity index (χ1v) is 9.47. The van der Waals surface area contributed by atoms with E-state index in [2.05, 4.69) is 0 Å². The summed E-state index contributed by atoms with van der Waals surface area (Å²) in [5.41, 5.74) is 4.23. The Bertz CT molecular complexity index is 995. The van der Waals surface area contributed by atoms with Gasteiger partial charge in [-0.2, -0.15) is 0 Å². The highest BCUT2D eigenvalue weighted by molar-refractivity contribution is 6.04. The monoisotopic (exact) mass is 387 g/mol. The maximum absolute atomic E-state index is 13.1. The van der Waals surface area contributed by atoms with Crippen molar-refractivity contribution in [3.63, 3.8) is 0 Å². The van der Waals surface area contributed by atoms with Gasteiger partial charge in [-0.1, -0.05) is 36.4 Å². The minimum Gasteiger partial charge on any atom is -0.497 e. The molecule has 4 rings (SSSR count). The number of nitrogens with zero attached hydrogens (tertiary/aromatic N) is 1. The van der Waals surface area contributed by atoms with Gasteiger partial charge in [0.15, 0.2) is 6.61 Å². The highest BCUT2D eigenvalue weighted by atomic mass is 16.5. The number of ether oxygens (including phenoxy) is 2. The van der Waals surface area contributed by atoms with Crippen molar-refractivity contribution in [3.8, 4) is 5.75 Å². The summed E-state index contributed by atoms with van der Waals surface area (Å²) in [6, 6.07) is 22.3. The van der Waals surface area contributed by atoms with Crippen molar-refractivity contribution in [3.05, 3.63) is 89.5 Å². The van der Waals surface area contributed by atoms with E-state index in [0.717, 1.165) is 35.3 Å². The molecule has 0 saturated carbocycles. The number of para-hydroxylation sites is 2. The molecule has 29 heavy (non-hydrogen) atoms. The van der Waals surface area contributed by atoms with E-state index in [-0.39, 0.29) is 12.5 Å². The number of aryl methyl sites for hydroxylation is 2. The van der Waals surface area contributed by atoms with Gasteiger partial charge in [0.1, 0.15) is 5.75 Å². The number of carbonyl (C=O) groups excluding carboxylic acids is 2. The van der Waals surface area contributed by atoms with Crippen LogP contribution in [0.15, 0.2) is 72.8 Å². The van der Waals surface area contributed by atoms with Crippen LogP contribution in [-0.2, 0) is 22.4 Å². The summed E-state index contributed by atoms with van der Waals surface area (Å²) in [5, 5.41) is 0. The van der Waals surface area contributed by atoms with Crippen molar-refractivity contribution >= 4 is 23.3 Å². The maximum atomic E-state index is 13.1. The molecule has 5 nitrogen and oxygen atoms in total. The van der Waals surface area contributed by atoms with Crippen molar-refractivity contribution in [1.29, 1.82) is 0 Å². The third-order valence-electron chi connectivity index (χ3n) is 5.03. The molecule has 5 heteroatoms. The standard InChI is InChI=1S/C24H21NO4/c1-28-20-14-12-19(13-15-20)24(27)29-16-23(26)25-21-8-4-2-6-17(21)10-11-18-7-3-5-9-22(18)25/h2-9,12-15H,10-11,16H2,1H3. The van der Waals surface area contributed by atoms with Gasteiger partial charge in [-0.25, -0.2) is 4.79 Å². The Kier molecular flexibility index (Phi) is 5.29. The van der Waals surface area contributed by atoms with E-state index < -0.39 is 5.97 Å². The van der Waals surface area contributed by atoms with Crippen LogP contribution in [0, 0.1) is 0 Å². The Morgan fingerprint density at radius 1 is 0.828 bits per heavy atom. The lowest BCUT2D eigenvalue weighted by molar-refractivity contribution is -0.120. The molecule has 0 saturated heterocycles. The van der Waals surface area contributed by atoms with E-state index in [4.69, 9.17) is 9.47 Å².